The predicted octanol–water partition coefficient (Wildman–Crippen LogP) is 5.28. The van der Waals surface area contributed by atoms with E-state index in [1.54, 1.807) is 0 Å². The SMILES string of the molecule is Cc1cc(C)cc(-c2c(CCNCCCCc3ccncc3)c(OCC(C)(C)C(=O)N3CCCC3)nn2C)c1. The quantitative estimate of drug-likeness (QED) is 0.304. The molecule has 1 amide bonds. The average Bonchev–Trinajstić information content (AvgIpc) is 3.54. The lowest BCUT2D eigenvalue weighted by atomic mass is 9.93. The zero-order valence-corrected chi connectivity index (χ0v) is 24.4. The number of likely N-dealkylation sites (tertiary alicyclic amines) is 1. The smallest absolute Gasteiger partial charge is 0.236 e. The fourth-order valence-corrected chi connectivity index (χ4v) is 5.48. The van der Waals surface area contributed by atoms with Gasteiger partial charge in [0.05, 0.1) is 11.1 Å². The van der Waals surface area contributed by atoms with Crippen molar-refractivity contribution in [1.29, 1.82) is 0 Å². The van der Waals surface area contributed by atoms with E-state index in [-0.39, 0.29) is 5.91 Å². The maximum Gasteiger partial charge on any atom is 0.236 e. The normalized spacial score (nSPS) is 13.7. The number of benzene rings is 1. The Morgan fingerprint density at radius 3 is 2.38 bits per heavy atom. The molecule has 1 N–H and O–H groups in total. The third-order valence-electron chi connectivity index (χ3n) is 7.52. The molecule has 210 valence electrons. The van der Waals surface area contributed by atoms with Gasteiger partial charge in [-0.05, 0) is 109 Å². The van der Waals surface area contributed by atoms with Gasteiger partial charge in [-0.1, -0.05) is 17.2 Å². The molecule has 39 heavy (non-hydrogen) atoms. The van der Waals surface area contributed by atoms with E-state index in [9.17, 15) is 4.79 Å². The summed E-state index contributed by atoms with van der Waals surface area (Å²) in [5, 5.41) is 8.42. The molecule has 1 saturated heterocycles. The molecule has 3 heterocycles. The summed E-state index contributed by atoms with van der Waals surface area (Å²) in [4.78, 5) is 19.2. The number of aryl methyl sites for hydroxylation is 4. The molecule has 7 heteroatoms. The number of amides is 1. The van der Waals surface area contributed by atoms with E-state index in [1.807, 2.05) is 42.9 Å². The Bertz CT molecular complexity index is 1210. The van der Waals surface area contributed by atoms with E-state index in [0.29, 0.717) is 12.5 Å². The van der Waals surface area contributed by atoms with Crippen LogP contribution in [0.2, 0.25) is 0 Å². The second kappa shape index (κ2) is 13.2. The Labute approximate surface area is 234 Å². The summed E-state index contributed by atoms with van der Waals surface area (Å²) < 4.78 is 8.29. The molecular weight excluding hydrogens is 486 g/mol. The second-order valence-corrected chi connectivity index (χ2v) is 11.6. The van der Waals surface area contributed by atoms with Crippen LogP contribution in [-0.4, -0.2) is 58.4 Å². The van der Waals surface area contributed by atoms with Gasteiger partial charge in [0.1, 0.15) is 6.61 Å². The van der Waals surface area contributed by atoms with Gasteiger partial charge in [-0.15, -0.1) is 5.10 Å². The molecule has 0 spiro atoms. The third kappa shape index (κ3) is 7.69. The van der Waals surface area contributed by atoms with Crippen molar-refractivity contribution in [3.63, 3.8) is 0 Å². The van der Waals surface area contributed by atoms with Crippen LogP contribution in [0.3, 0.4) is 0 Å². The minimum Gasteiger partial charge on any atom is -0.475 e. The van der Waals surface area contributed by atoms with Crippen molar-refractivity contribution < 1.29 is 9.53 Å². The maximum atomic E-state index is 13.1. The molecule has 0 bridgehead atoms. The van der Waals surface area contributed by atoms with Gasteiger partial charge in [0.2, 0.25) is 11.8 Å². The van der Waals surface area contributed by atoms with Crippen LogP contribution in [0.25, 0.3) is 11.3 Å². The summed E-state index contributed by atoms with van der Waals surface area (Å²) in [6.07, 6.45) is 10.0. The van der Waals surface area contributed by atoms with Crippen LogP contribution in [0.5, 0.6) is 5.88 Å². The molecule has 0 aliphatic carbocycles. The topological polar surface area (TPSA) is 72.3 Å². The molecule has 1 fully saturated rings. The zero-order chi connectivity index (χ0) is 27.8. The van der Waals surface area contributed by atoms with Gasteiger partial charge >= 0.3 is 0 Å². The van der Waals surface area contributed by atoms with Crippen molar-refractivity contribution in [2.24, 2.45) is 12.5 Å². The van der Waals surface area contributed by atoms with Crippen LogP contribution in [0.15, 0.2) is 42.7 Å². The van der Waals surface area contributed by atoms with E-state index >= 15 is 0 Å². The Morgan fingerprint density at radius 2 is 1.69 bits per heavy atom. The Kier molecular flexibility index (Phi) is 9.78. The largest absolute Gasteiger partial charge is 0.475 e. The molecular formula is C32H45N5O2. The lowest BCUT2D eigenvalue weighted by Crippen LogP contribution is -2.42. The molecule has 3 aromatic rings. The second-order valence-electron chi connectivity index (χ2n) is 11.6. The van der Waals surface area contributed by atoms with Gasteiger partial charge in [0.25, 0.3) is 0 Å². The monoisotopic (exact) mass is 531 g/mol. The number of unbranched alkanes of at least 4 members (excludes halogenated alkanes) is 1. The molecule has 1 aromatic carbocycles. The molecule has 0 atom stereocenters. The highest BCUT2D eigenvalue weighted by molar-refractivity contribution is 5.82. The van der Waals surface area contributed by atoms with Crippen molar-refractivity contribution >= 4 is 5.91 Å². The molecule has 1 aliphatic heterocycles. The van der Waals surface area contributed by atoms with Crippen molar-refractivity contribution in [3.8, 4) is 17.1 Å². The van der Waals surface area contributed by atoms with Crippen LogP contribution in [0, 0.1) is 19.3 Å². The standard InChI is InChI=1S/C32H45N5O2/c1-24-20-25(2)22-27(21-24)29-28(13-17-33-14-7-6-10-26-11-15-34-16-12-26)30(35-36(29)5)39-23-32(3,4)31(38)37-18-8-9-19-37/h11-12,15-16,20-22,33H,6-10,13-14,17-19,23H2,1-5H3. The first-order valence-corrected chi connectivity index (χ1v) is 14.4. The number of pyridine rings is 1. The van der Waals surface area contributed by atoms with Crippen LogP contribution in [0.4, 0.5) is 0 Å². The summed E-state index contributed by atoms with van der Waals surface area (Å²) in [5.41, 5.74) is 6.51. The molecule has 0 radical (unpaired) electrons. The third-order valence-corrected chi connectivity index (χ3v) is 7.52. The number of carbonyl (C=O) groups is 1. The molecule has 7 nitrogen and oxygen atoms in total. The van der Waals surface area contributed by atoms with E-state index in [0.717, 1.165) is 81.5 Å². The summed E-state index contributed by atoms with van der Waals surface area (Å²) >= 11 is 0. The lowest BCUT2D eigenvalue weighted by Gasteiger charge is -2.28. The summed E-state index contributed by atoms with van der Waals surface area (Å²) in [7, 11) is 1.98. The maximum absolute atomic E-state index is 13.1. The fourth-order valence-electron chi connectivity index (χ4n) is 5.48. The summed E-state index contributed by atoms with van der Waals surface area (Å²) in [6.45, 7) is 12.0. The fraction of sp³-hybridized carbons (Fsp3) is 0.531. The molecule has 2 aromatic heterocycles. The van der Waals surface area contributed by atoms with Crippen molar-refractivity contribution in [2.75, 3.05) is 32.8 Å². The van der Waals surface area contributed by atoms with Crippen LogP contribution >= 0.6 is 0 Å². The average molecular weight is 532 g/mol. The molecule has 1 aliphatic rings. The number of hydrogen-bond donors (Lipinski definition) is 1. The first-order valence-electron chi connectivity index (χ1n) is 14.4. The Balaban J connectivity index is 1.43. The highest BCUT2D eigenvalue weighted by atomic mass is 16.5. The van der Waals surface area contributed by atoms with E-state index in [4.69, 9.17) is 9.84 Å². The predicted molar refractivity (Wildman–Crippen MR) is 157 cm³/mol. The highest BCUT2D eigenvalue weighted by Crippen LogP contribution is 2.33. The van der Waals surface area contributed by atoms with Crippen molar-refractivity contribution in [3.05, 3.63) is 65.0 Å². The Hall–Kier alpha value is -3.19. The van der Waals surface area contributed by atoms with Crippen LogP contribution in [-0.2, 0) is 24.7 Å². The van der Waals surface area contributed by atoms with Crippen molar-refractivity contribution in [1.82, 2.24) is 25.0 Å². The van der Waals surface area contributed by atoms with Gasteiger partial charge in [-0.25, -0.2) is 0 Å². The number of hydrogen-bond acceptors (Lipinski definition) is 5. The number of rotatable bonds is 13. The van der Waals surface area contributed by atoms with Gasteiger partial charge < -0.3 is 15.0 Å². The van der Waals surface area contributed by atoms with E-state index in [2.05, 4.69) is 54.5 Å². The number of aromatic nitrogens is 3. The highest BCUT2D eigenvalue weighted by Gasteiger charge is 2.35. The number of nitrogens with one attached hydrogen (secondary N) is 1. The zero-order valence-electron chi connectivity index (χ0n) is 24.4. The number of ether oxygens (including phenoxy) is 1. The van der Waals surface area contributed by atoms with E-state index in [1.165, 1.54) is 16.7 Å². The first-order chi connectivity index (χ1) is 18.7. The van der Waals surface area contributed by atoms with E-state index < -0.39 is 5.41 Å². The van der Waals surface area contributed by atoms with Gasteiger partial charge in [0, 0.05) is 43.7 Å². The molecule has 4 rings (SSSR count). The Morgan fingerprint density at radius 1 is 1.00 bits per heavy atom. The summed E-state index contributed by atoms with van der Waals surface area (Å²) in [6, 6.07) is 10.8. The molecule has 0 saturated carbocycles. The number of nitrogens with zero attached hydrogens (tertiary/aromatic N) is 4. The van der Waals surface area contributed by atoms with Gasteiger partial charge in [0.15, 0.2) is 0 Å². The number of carbonyl (C=O) groups excluding carboxylic acids is 1. The van der Waals surface area contributed by atoms with Gasteiger partial charge in [-0.3, -0.25) is 14.5 Å². The minimum atomic E-state index is -0.605. The lowest BCUT2D eigenvalue weighted by molar-refractivity contribution is -0.140. The van der Waals surface area contributed by atoms with Crippen molar-refractivity contribution in [2.45, 2.75) is 66.2 Å². The minimum absolute atomic E-state index is 0.167. The van der Waals surface area contributed by atoms with Crippen LogP contribution < -0.4 is 10.1 Å². The van der Waals surface area contributed by atoms with Crippen LogP contribution in [0.1, 0.15) is 61.8 Å². The summed E-state index contributed by atoms with van der Waals surface area (Å²) in [5.74, 6) is 0.800. The van der Waals surface area contributed by atoms with Gasteiger partial charge in [-0.2, -0.15) is 0 Å². The molecule has 0 unspecified atom stereocenters. The first kappa shape index (κ1) is 28.8.